The Morgan fingerprint density at radius 1 is 1.29 bits per heavy atom. The van der Waals surface area contributed by atoms with E-state index in [1.54, 1.807) is 4.90 Å². The van der Waals surface area contributed by atoms with Gasteiger partial charge in [0.05, 0.1) is 11.3 Å². The Hall–Kier alpha value is -1.20. The standard InChI is InChI=1S/C12H16F2N2O/c13-9-1-2-11(10(14)7-9)16-5-3-12(17,8-15)4-6-16/h1-2,7,17H,3-6,8,15H2. The van der Waals surface area contributed by atoms with E-state index in [0.717, 1.165) is 6.07 Å². The highest BCUT2D eigenvalue weighted by Gasteiger charge is 2.31. The quantitative estimate of drug-likeness (QED) is 0.820. The van der Waals surface area contributed by atoms with Gasteiger partial charge in [-0.15, -0.1) is 0 Å². The van der Waals surface area contributed by atoms with E-state index in [4.69, 9.17) is 5.73 Å². The molecule has 1 aliphatic rings. The van der Waals surface area contributed by atoms with Crippen LogP contribution in [0.5, 0.6) is 0 Å². The van der Waals surface area contributed by atoms with Crippen LogP contribution in [0.2, 0.25) is 0 Å². The van der Waals surface area contributed by atoms with Crippen molar-refractivity contribution in [3.63, 3.8) is 0 Å². The minimum Gasteiger partial charge on any atom is -0.388 e. The molecule has 0 amide bonds. The lowest BCUT2D eigenvalue weighted by Crippen LogP contribution is -2.48. The van der Waals surface area contributed by atoms with E-state index in [-0.39, 0.29) is 6.54 Å². The van der Waals surface area contributed by atoms with Gasteiger partial charge in [0.15, 0.2) is 0 Å². The fourth-order valence-corrected chi connectivity index (χ4v) is 2.11. The van der Waals surface area contributed by atoms with E-state index in [2.05, 4.69) is 0 Å². The minimum absolute atomic E-state index is 0.215. The number of hydrogen-bond acceptors (Lipinski definition) is 3. The maximum Gasteiger partial charge on any atom is 0.149 e. The second kappa shape index (κ2) is 4.58. The number of anilines is 1. The van der Waals surface area contributed by atoms with Crippen molar-refractivity contribution < 1.29 is 13.9 Å². The molecule has 5 heteroatoms. The predicted molar refractivity (Wildman–Crippen MR) is 61.8 cm³/mol. The maximum absolute atomic E-state index is 13.5. The Labute approximate surface area is 98.8 Å². The zero-order chi connectivity index (χ0) is 12.5. The average Bonchev–Trinajstić information content (AvgIpc) is 2.31. The third kappa shape index (κ3) is 2.56. The van der Waals surface area contributed by atoms with Gasteiger partial charge in [-0.3, -0.25) is 0 Å². The van der Waals surface area contributed by atoms with Crippen LogP contribution in [0.1, 0.15) is 12.8 Å². The van der Waals surface area contributed by atoms with Gasteiger partial charge in [0, 0.05) is 25.7 Å². The molecule has 94 valence electrons. The van der Waals surface area contributed by atoms with Crippen molar-refractivity contribution in [3.05, 3.63) is 29.8 Å². The first-order chi connectivity index (χ1) is 8.04. The van der Waals surface area contributed by atoms with Gasteiger partial charge in [0.2, 0.25) is 0 Å². The van der Waals surface area contributed by atoms with Crippen molar-refractivity contribution in [1.29, 1.82) is 0 Å². The summed E-state index contributed by atoms with van der Waals surface area (Å²) < 4.78 is 26.3. The van der Waals surface area contributed by atoms with Gasteiger partial charge in [0.25, 0.3) is 0 Å². The number of piperidine rings is 1. The Bertz CT molecular complexity index is 403. The van der Waals surface area contributed by atoms with Crippen molar-refractivity contribution in [2.75, 3.05) is 24.5 Å². The summed E-state index contributed by atoms with van der Waals surface area (Å²) in [4.78, 5) is 1.80. The molecule has 1 aromatic carbocycles. The predicted octanol–water partition coefficient (Wildman–Crippen LogP) is 1.25. The fraction of sp³-hybridized carbons (Fsp3) is 0.500. The highest BCUT2D eigenvalue weighted by molar-refractivity contribution is 5.48. The van der Waals surface area contributed by atoms with Crippen LogP contribution in [0.4, 0.5) is 14.5 Å². The molecular weight excluding hydrogens is 226 g/mol. The maximum atomic E-state index is 13.5. The first-order valence-corrected chi connectivity index (χ1v) is 5.66. The molecule has 2 rings (SSSR count). The summed E-state index contributed by atoms with van der Waals surface area (Å²) in [6, 6.07) is 3.54. The average molecular weight is 242 g/mol. The molecule has 17 heavy (non-hydrogen) atoms. The Balaban J connectivity index is 2.10. The molecule has 1 fully saturated rings. The van der Waals surface area contributed by atoms with Crippen LogP contribution >= 0.6 is 0 Å². The summed E-state index contributed by atoms with van der Waals surface area (Å²) >= 11 is 0. The molecule has 3 N–H and O–H groups in total. The van der Waals surface area contributed by atoms with Crippen molar-refractivity contribution in [2.24, 2.45) is 5.73 Å². The van der Waals surface area contributed by atoms with Crippen molar-refractivity contribution in [2.45, 2.75) is 18.4 Å². The fourth-order valence-electron chi connectivity index (χ4n) is 2.11. The third-order valence-corrected chi connectivity index (χ3v) is 3.32. The summed E-state index contributed by atoms with van der Waals surface area (Å²) in [6.45, 7) is 1.26. The van der Waals surface area contributed by atoms with E-state index in [0.29, 0.717) is 31.6 Å². The van der Waals surface area contributed by atoms with Crippen LogP contribution in [0.3, 0.4) is 0 Å². The van der Waals surface area contributed by atoms with E-state index < -0.39 is 17.2 Å². The second-order valence-electron chi connectivity index (χ2n) is 4.51. The van der Waals surface area contributed by atoms with E-state index in [1.807, 2.05) is 0 Å². The van der Waals surface area contributed by atoms with Crippen LogP contribution in [0.25, 0.3) is 0 Å². The Morgan fingerprint density at radius 3 is 2.47 bits per heavy atom. The van der Waals surface area contributed by atoms with E-state index in [1.165, 1.54) is 12.1 Å². The molecule has 0 aromatic heterocycles. The normalized spacial score (nSPS) is 19.4. The molecular formula is C12H16F2N2O. The number of aliphatic hydroxyl groups is 1. The van der Waals surface area contributed by atoms with Gasteiger partial charge in [0.1, 0.15) is 11.6 Å². The molecule has 0 spiro atoms. The number of nitrogens with zero attached hydrogens (tertiary/aromatic N) is 1. The van der Waals surface area contributed by atoms with Gasteiger partial charge in [-0.25, -0.2) is 8.78 Å². The SMILES string of the molecule is NCC1(O)CCN(c2ccc(F)cc2F)CC1. The van der Waals surface area contributed by atoms with Gasteiger partial charge >= 0.3 is 0 Å². The van der Waals surface area contributed by atoms with E-state index in [9.17, 15) is 13.9 Å². The summed E-state index contributed by atoms with van der Waals surface area (Å²) in [7, 11) is 0. The molecule has 0 radical (unpaired) electrons. The third-order valence-electron chi connectivity index (χ3n) is 3.32. The molecule has 0 atom stereocenters. The minimum atomic E-state index is -0.840. The van der Waals surface area contributed by atoms with Gasteiger partial charge in [-0.1, -0.05) is 0 Å². The van der Waals surface area contributed by atoms with Crippen molar-refractivity contribution in [3.8, 4) is 0 Å². The van der Waals surface area contributed by atoms with Crippen LogP contribution in [-0.4, -0.2) is 30.3 Å². The first kappa shape index (κ1) is 12.3. The summed E-state index contributed by atoms with van der Waals surface area (Å²) in [5.41, 5.74) is 5.02. The van der Waals surface area contributed by atoms with Crippen LogP contribution in [0, 0.1) is 11.6 Å². The smallest absolute Gasteiger partial charge is 0.149 e. The zero-order valence-electron chi connectivity index (χ0n) is 9.50. The molecule has 0 unspecified atom stereocenters. The van der Waals surface area contributed by atoms with Crippen molar-refractivity contribution in [1.82, 2.24) is 0 Å². The molecule has 0 saturated carbocycles. The van der Waals surface area contributed by atoms with Gasteiger partial charge in [-0.05, 0) is 25.0 Å². The zero-order valence-corrected chi connectivity index (χ0v) is 9.50. The molecule has 1 heterocycles. The largest absolute Gasteiger partial charge is 0.388 e. The Kier molecular flexibility index (Phi) is 3.31. The molecule has 1 saturated heterocycles. The molecule has 0 bridgehead atoms. The molecule has 3 nitrogen and oxygen atoms in total. The number of hydrogen-bond donors (Lipinski definition) is 2. The van der Waals surface area contributed by atoms with Crippen LogP contribution in [0.15, 0.2) is 18.2 Å². The lowest BCUT2D eigenvalue weighted by molar-refractivity contribution is 0.0249. The van der Waals surface area contributed by atoms with Crippen LogP contribution < -0.4 is 10.6 Å². The van der Waals surface area contributed by atoms with Crippen molar-refractivity contribution >= 4 is 5.69 Å². The lowest BCUT2D eigenvalue weighted by atomic mass is 9.91. The number of nitrogens with two attached hydrogens (primary N) is 1. The van der Waals surface area contributed by atoms with Gasteiger partial charge < -0.3 is 15.7 Å². The molecule has 0 aliphatic carbocycles. The lowest BCUT2D eigenvalue weighted by Gasteiger charge is -2.38. The number of benzene rings is 1. The monoisotopic (exact) mass is 242 g/mol. The highest BCUT2D eigenvalue weighted by atomic mass is 19.1. The van der Waals surface area contributed by atoms with Crippen LogP contribution in [-0.2, 0) is 0 Å². The summed E-state index contributed by atoms with van der Waals surface area (Å²) in [5.74, 6) is -1.15. The molecule has 1 aromatic rings. The highest BCUT2D eigenvalue weighted by Crippen LogP contribution is 2.27. The van der Waals surface area contributed by atoms with Gasteiger partial charge in [-0.2, -0.15) is 0 Å². The second-order valence-corrected chi connectivity index (χ2v) is 4.51. The first-order valence-electron chi connectivity index (χ1n) is 5.66. The molecule has 1 aliphatic heterocycles. The summed E-state index contributed by atoms with van der Waals surface area (Å²) in [6.07, 6.45) is 1.00. The topological polar surface area (TPSA) is 49.5 Å². The number of rotatable bonds is 2. The Morgan fingerprint density at radius 2 is 1.94 bits per heavy atom. The van der Waals surface area contributed by atoms with E-state index >= 15 is 0 Å². The number of halogens is 2. The summed E-state index contributed by atoms with van der Waals surface area (Å²) in [5, 5.41) is 9.95.